The Morgan fingerprint density at radius 3 is 2.31 bits per heavy atom. The van der Waals surface area contributed by atoms with Crippen LogP contribution in [0.4, 0.5) is 0 Å². The van der Waals surface area contributed by atoms with Crippen molar-refractivity contribution < 1.29 is 4.42 Å². The highest BCUT2D eigenvalue weighted by atomic mass is 16.3. The van der Waals surface area contributed by atoms with Crippen LogP contribution in [0.3, 0.4) is 0 Å². The molecule has 3 aromatic heterocycles. The predicted molar refractivity (Wildman–Crippen MR) is 143 cm³/mol. The molecule has 166 valence electrons. The van der Waals surface area contributed by atoms with Gasteiger partial charge in [-0.3, -0.25) is 4.98 Å². The molecule has 0 fully saturated rings. The zero-order valence-corrected chi connectivity index (χ0v) is 19.5. The van der Waals surface area contributed by atoms with Crippen molar-refractivity contribution in [2.24, 2.45) is 0 Å². The van der Waals surface area contributed by atoms with E-state index >= 15 is 0 Å². The molecule has 0 saturated carbocycles. The second-order valence-electron chi connectivity index (χ2n) is 10.0. The number of para-hydroxylation sites is 2. The largest absolute Gasteiger partial charge is 0.454 e. The maximum absolute atomic E-state index is 6.73. The van der Waals surface area contributed by atoms with E-state index in [1.165, 1.54) is 49.3 Å². The zero-order chi connectivity index (χ0) is 23.3. The molecular weight excluding hydrogens is 428 g/mol. The number of furan rings is 1. The fourth-order valence-corrected chi connectivity index (χ4v) is 6.45. The van der Waals surface area contributed by atoms with E-state index in [1.54, 1.807) is 0 Å². The van der Waals surface area contributed by atoms with Gasteiger partial charge in [0, 0.05) is 45.0 Å². The first-order valence-electron chi connectivity index (χ1n) is 12.1. The van der Waals surface area contributed by atoms with Crippen molar-refractivity contribution in [3.8, 4) is 16.8 Å². The van der Waals surface area contributed by atoms with Crippen molar-refractivity contribution in [3.05, 3.63) is 108 Å². The van der Waals surface area contributed by atoms with E-state index in [0.717, 1.165) is 22.4 Å². The number of benzene rings is 4. The quantitative estimate of drug-likeness (QED) is 0.251. The van der Waals surface area contributed by atoms with E-state index in [0.29, 0.717) is 0 Å². The summed E-state index contributed by atoms with van der Waals surface area (Å²) in [6.45, 7) is 4.73. The average Bonchev–Trinajstić information content (AvgIpc) is 3.51. The molecular formula is C32H22N2O. The maximum atomic E-state index is 6.73. The van der Waals surface area contributed by atoms with Crippen molar-refractivity contribution in [1.82, 2.24) is 9.55 Å². The minimum Gasteiger partial charge on any atom is -0.454 e. The van der Waals surface area contributed by atoms with Crippen LogP contribution in [-0.4, -0.2) is 9.55 Å². The topological polar surface area (TPSA) is 31.0 Å². The van der Waals surface area contributed by atoms with Crippen LogP contribution >= 0.6 is 0 Å². The Morgan fingerprint density at radius 1 is 0.743 bits per heavy atom. The molecule has 7 aromatic rings. The molecule has 35 heavy (non-hydrogen) atoms. The normalized spacial score (nSPS) is 14.2. The van der Waals surface area contributed by atoms with E-state index in [4.69, 9.17) is 4.42 Å². The molecule has 0 atom stereocenters. The molecule has 0 bridgehead atoms. The van der Waals surface area contributed by atoms with Gasteiger partial charge in [0.1, 0.15) is 5.58 Å². The molecule has 3 heteroatoms. The highest BCUT2D eigenvalue weighted by molar-refractivity contribution is 6.29. The van der Waals surface area contributed by atoms with Crippen LogP contribution in [0.5, 0.6) is 0 Å². The molecule has 0 spiro atoms. The van der Waals surface area contributed by atoms with Crippen LogP contribution in [0.2, 0.25) is 0 Å². The highest BCUT2D eigenvalue weighted by Crippen LogP contribution is 2.57. The molecule has 0 unspecified atom stereocenters. The Morgan fingerprint density at radius 2 is 1.46 bits per heavy atom. The fraction of sp³-hybridized carbons (Fsp3) is 0.0938. The highest BCUT2D eigenvalue weighted by Gasteiger charge is 2.41. The van der Waals surface area contributed by atoms with Crippen molar-refractivity contribution in [2.75, 3.05) is 0 Å². The van der Waals surface area contributed by atoms with E-state index in [-0.39, 0.29) is 5.41 Å². The summed E-state index contributed by atoms with van der Waals surface area (Å²) in [5.74, 6) is 0. The van der Waals surface area contributed by atoms with Gasteiger partial charge in [-0.2, -0.15) is 0 Å². The van der Waals surface area contributed by atoms with Gasteiger partial charge in [0.2, 0.25) is 0 Å². The molecule has 8 rings (SSSR count). The van der Waals surface area contributed by atoms with Crippen LogP contribution in [0, 0.1) is 0 Å². The molecule has 4 aromatic carbocycles. The summed E-state index contributed by atoms with van der Waals surface area (Å²) in [4.78, 5) is 4.28. The van der Waals surface area contributed by atoms with Crippen LogP contribution in [0.25, 0.3) is 60.6 Å². The number of nitrogens with zero attached hydrogens (tertiary/aromatic N) is 2. The summed E-state index contributed by atoms with van der Waals surface area (Å²) in [6.07, 6.45) is 3.72. The van der Waals surface area contributed by atoms with E-state index < -0.39 is 0 Å². The average molecular weight is 451 g/mol. The summed E-state index contributed by atoms with van der Waals surface area (Å²) in [5.41, 5.74) is 10.5. The lowest BCUT2D eigenvalue weighted by molar-refractivity contribution is 0.663. The Balaban J connectivity index is 1.75. The number of aromatic nitrogens is 2. The smallest absolute Gasteiger partial charge is 0.160 e. The Bertz CT molecular complexity index is 1970. The molecule has 3 nitrogen and oxygen atoms in total. The molecule has 0 amide bonds. The summed E-state index contributed by atoms with van der Waals surface area (Å²) >= 11 is 0. The lowest BCUT2D eigenvalue weighted by Crippen LogP contribution is -2.15. The summed E-state index contributed by atoms with van der Waals surface area (Å²) in [6, 6.07) is 30.2. The van der Waals surface area contributed by atoms with Crippen molar-refractivity contribution in [2.45, 2.75) is 19.3 Å². The van der Waals surface area contributed by atoms with Gasteiger partial charge in [-0.15, -0.1) is 0 Å². The van der Waals surface area contributed by atoms with Gasteiger partial charge in [0.25, 0.3) is 0 Å². The van der Waals surface area contributed by atoms with Crippen molar-refractivity contribution in [3.63, 3.8) is 0 Å². The molecule has 0 N–H and O–H groups in total. The summed E-state index contributed by atoms with van der Waals surface area (Å²) < 4.78 is 9.09. The second kappa shape index (κ2) is 6.39. The van der Waals surface area contributed by atoms with E-state index in [1.807, 2.05) is 12.4 Å². The number of fused-ring (bicyclic) bond motifs is 12. The van der Waals surface area contributed by atoms with Crippen LogP contribution in [0.1, 0.15) is 25.0 Å². The number of pyridine rings is 1. The fourth-order valence-electron chi connectivity index (χ4n) is 6.45. The Kier molecular flexibility index (Phi) is 3.47. The summed E-state index contributed by atoms with van der Waals surface area (Å²) in [7, 11) is 0. The minimum atomic E-state index is -0.149. The molecule has 0 saturated heterocycles. The molecule has 1 aliphatic carbocycles. The van der Waals surface area contributed by atoms with Gasteiger partial charge in [0.15, 0.2) is 5.58 Å². The third-order valence-electron chi connectivity index (χ3n) is 7.85. The lowest BCUT2D eigenvalue weighted by Gasteiger charge is -2.23. The number of hydrogen-bond donors (Lipinski definition) is 0. The van der Waals surface area contributed by atoms with Crippen LogP contribution in [-0.2, 0) is 5.41 Å². The van der Waals surface area contributed by atoms with Gasteiger partial charge in [-0.1, -0.05) is 74.5 Å². The Labute approximate surface area is 202 Å². The van der Waals surface area contributed by atoms with Gasteiger partial charge in [-0.25, -0.2) is 0 Å². The van der Waals surface area contributed by atoms with Crippen LogP contribution in [0.15, 0.2) is 102 Å². The lowest BCUT2D eigenvalue weighted by atomic mass is 9.80. The van der Waals surface area contributed by atoms with Crippen molar-refractivity contribution >= 4 is 43.7 Å². The Hall–Kier alpha value is -4.37. The van der Waals surface area contributed by atoms with E-state index in [9.17, 15) is 0 Å². The summed E-state index contributed by atoms with van der Waals surface area (Å²) in [5, 5.41) is 4.90. The first-order chi connectivity index (χ1) is 17.2. The van der Waals surface area contributed by atoms with Crippen LogP contribution < -0.4 is 0 Å². The van der Waals surface area contributed by atoms with Gasteiger partial charge < -0.3 is 8.98 Å². The third-order valence-corrected chi connectivity index (χ3v) is 7.85. The van der Waals surface area contributed by atoms with Gasteiger partial charge in [0.05, 0.1) is 11.0 Å². The molecule has 1 aliphatic rings. The number of rotatable bonds is 1. The standard InChI is InChI=1S/C32H22N2O/c1-32(2)23-12-6-3-9-20(23)26-27-22-11-5-8-14-25(22)35-31(27)30-28(29(26)32)21-10-4-7-13-24(21)34(30)19-15-17-33-18-16-19/h3-18H,1-2H3. The minimum absolute atomic E-state index is 0.149. The SMILES string of the molecule is CC1(C)c2ccccc2-c2c1c1c3ccccc3n(-c3ccncc3)c1c1oc3ccccc3c21. The molecule has 0 aliphatic heterocycles. The monoisotopic (exact) mass is 450 g/mol. The first kappa shape index (κ1) is 19.0. The molecule has 0 radical (unpaired) electrons. The number of hydrogen-bond acceptors (Lipinski definition) is 2. The van der Waals surface area contributed by atoms with Gasteiger partial charge in [-0.05, 0) is 46.5 Å². The zero-order valence-electron chi connectivity index (χ0n) is 19.5. The van der Waals surface area contributed by atoms with Crippen molar-refractivity contribution in [1.29, 1.82) is 0 Å². The van der Waals surface area contributed by atoms with Gasteiger partial charge >= 0.3 is 0 Å². The van der Waals surface area contributed by atoms with E-state index in [2.05, 4.69) is 108 Å². The first-order valence-corrected chi connectivity index (χ1v) is 12.1. The molecule has 3 heterocycles. The third kappa shape index (κ3) is 2.23. The second-order valence-corrected chi connectivity index (χ2v) is 10.0. The predicted octanol–water partition coefficient (Wildman–Crippen LogP) is 8.38. The maximum Gasteiger partial charge on any atom is 0.160 e.